The molecule has 0 fully saturated rings. The number of fused-ring (bicyclic) bond motifs is 1. The second-order valence-corrected chi connectivity index (χ2v) is 4.64. The van der Waals surface area contributed by atoms with Crippen LogP contribution in [0.4, 0.5) is 0 Å². The summed E-state index contributed by atoms with van der Waals surface area (Å²) in [6.07, 6.45) is 7.16. The lowest BCUT2D eigenvalue weighted by Gasteiger charge is -2.22. The number of aryl methyl sites for hydroxylation is 2. The van der Waals surface area contributed by atoms with Gasteiger partial charge >= 0.3 is 0 Å². The average Bonchev–Trinajstić information content (AvgIpc) is 2.17. The summed E-state index contributed by atoms with van der Waals surface area (Å²) in [6, 6.07) is 0. The van der Waals surface area contributed by atoms with Crippen molar-refractivity contribution in [2.24, 2.45) is 0 Å². The monoisotopic (exact) mass is 189 g/mol. The van der Waals surface area contributed by atoms with E-state index in [9.17, 15) is 0 Å². The summed E-state index contributed by atoms with van der Waals surface area (Å²) in [5.74, 6) is 0.643. The highest BCUT2D eigenvalue weighted by Gasteiger charge is 2.17. The van der Waals surface area contributed by atoms with E-state index in [1.807, 2.05) is 0 Å². The van der Waals surface area contributed by atoms with E-state index in [-0.39, 0.29) is 0 Å². The van der Waals surface area contributed by atoms with Crippen LogP contribution < -0.4 is 0 Å². The van der Waals surface area contributed by atoms with Crippen molar-refractivity contribution in [3.8, 4) is 0 Å². The molecular weight excluding hydrogens is 170 g/mol. The Bertz CT molecular complexity index is 339. The third-order valence-corrected chi connectivity index (χ3v) is 3.18. The molecule has 1 aliphatic rings. The van der Waals surface area contributed by atoms with Gasteiger partial charge in [-0.2, -0.15) is 0 Å². The predicted octanol–water partition coefficient (Wildman–Crippen LogP) is 3.39. The molecule has 0 saturated carbocycles. The Labute approximate surface area is 86.6 Å². The van der Waals surface area contributed by atoms with Crippen LogP contribution in [-0.4, -0.2) is 4.98 Å². The van der Waals surface area contributed by atoms with Crippen molar-refractivity contribution in [2.45, 2.75) is 52.4 Å². The minimum absolute atomic E-state index is 0.643. The normalized spacial score (nSPS) is 15.7. The van der Waals surface area contributed by atoms with Crippen LogP contribution in [0.2, 0.25) is 0 Å². The second kappa shape index (κ2) is 3.72. The van der Waals surface area contributed by atoms with E-state index in [0.29, 0.717) is 5.92 Å². The SMILES string of the molecule is Cc1cnc2c(c1C(C)C)CCCC2. The summed E-state index contributed by atoms with van der Waals surface area (Å²) in [7, 11) is 0. The van der Waals surface area contributed by atoms with Gasteiger partial charge in [-0.05, 0) is 55.2 Å². The van der Waals surface area contributed by atoms with E-state index in [2.05, 4.69) is 32.0 Å². The van der Waals surface area contributed by atoms with Crippen LogP contribution in [-0.2, 0) is 12.8 Å². The standard InChI is InChI=1S/C13H19N/c1-9(2)13-10(3)8-14-12-7-5-4-6-11(12)13/h8-9H,4-7H2,1-3H3. The van der Waals surface area contributed by atoms with Gasteiger partial charge in [0.2, 0.25) is 0 Å². The summed E-state index contributed by atoms with van der Waals surface area (Å²) in [6.45, 7) is 6.77. The van der Waals surface area contributed by atoms with Crippen LogP contribution in [0.25, 0.3) is 0 Å². The van der Waals surface area contributed by atoms with Crippen LogP contribution in [0.15, 0.2) is 6.20 Å². The van der Waals surface area contributed by atoms with Crippen molar-refractivity contribution in [1.82, 2.24) is 4.98 Å². The molecule has 0 amide bonds. The van der Waals surface area contributed by atoms with Crippen molar-refractivity contribution in [2.75, 3.05) is 0 Å². The van der Waals surface area contributed by atoms with E-state index < -0.39 is 0 Å². The van der Waals surface area contributed by atoms with Crippen molar-refractivity contribution < 1.29 is 0 Å². The fourth-order valence-corrected chi connectivity index (χ4v) is 2.61. The van der Waals surface area contributed by atoms with Crippen molar-refractivity contribution >= 4 is 0 Å². The zero-order valence-corrected chi connectivity index (χ0v) is 9.43. The molecule has 2 rings (SSSR count). The maximum absolute atomic E-state index is 4.56. The van der Waals surface area contributed by atoms with Gasteiger partial charge in [-0.3, -0.25) is 4.98 Å². The van der Waals surface area contributed by atoms with Gasteiger partial charge in [0.15, 0.2) is 0 Å². The van der Waals surface area contributed by atoms with Crippen LogP contribution in [0.1, 0.15) is 55.0 Å². The largest absolute Gasteiger partial charge is 0.261 e. The minimum Gasteiger partial charge on any atom is -0.261 e. The average molecular weight is 189 g/mol. The summed E-state index contributed by atoms with van der Waals surface area (Å²) in [5.41, 5.74) is 5.87. The molecule has 1 aromatic rings. The maximum atomic E-state index is 4.56. The molecule has 0 saturated heterocycles. The highest BCUT2D eigenvalue weighted by atomic mass is 14.7. The fraction of sp³-hybridized carbons (Fsp3) is 0.615. The van der Waals surface area contributed by atoms with Gasteiger partial charge in [0.1, 0.15) is 0 Å². The third-order valence-electron chi connectivity index (χ3n) is 3.18. The molecule has 1 heteroatoms. The molecular formula is C13H19N. The van der Waals surface area contributed by atoms with Gasteiger partial charge < -0.3 is 0 Å². The number of hydrogen-bond donors (Lipinski definition) is 0. The predicted molar refractivity (Wildman–Crippen MR) is 59.7 cm³/mol. The first-order valence-electron chi connectivity index (χ1n) is 5.67. The summed E-state index contributed by atoms with van der Waals surface area (Å²) in [4.78, 5) is 4.56. The van der Waals surface area contributed by atoms with Crippen molar-refractivity contribution in [1.29, 1.82) is 0 Å². The lowest BCUT2D eigenvalue weighted by Crippen LogP contribution is -2.11. The van der Waals surface area contributed by atoms with E-state index in [4.69, 9.17) is 0 Å². The molecule has 0 atom stereocenters. The zero-order valence-electron chi connectivity index (χ0n) is 9.43. The quantitative estimate of drug-likeness (QED) is 0.660. The van der Waals surface area contributed by atoms with Crippen LogP contribution in [0, 0.1) is 6.92 Å². The maximum Gasteiger partial charge on any atom is 0.0438 e. The Hall–Kier alpha value is -0.850. The topological polar surface area (TPSA) is 12.9 Å². The number of nitrogens with zero attached hydrogens (tertiary/aromatic N) is 1. The van der Waals surface area contributed by atoms with E-state index in [0.717, 1.165) is 0 Å². The van der Waals surface area contributed by atoms with Gasteiger partial charge in [0, 0.05) is 11.9 Å². The molecule has 1 heterocycles. The Kier molecular flexibility index (Phi) is 2.58. The highest BCUT2D eigenvalue weighted by Crippen LogP contribution is 2.29. The molecule has 1 aromatic heterocycles. The van der Waals surface area contributed by atoms with Gasteiger partial charge in [-0.25, -0.2) is 0 Å². The van der Waals surface area contributed by atoms with Gasteiger partial charge in [-0.15, -0.1) is 0 Å². The molecule has 0 radical (unpaired) electrons. The number of aromatic nitrogens is 1. The first kappa shape index (κ1) is 9.70. The van der Waals surface area contributed by atoms with Gasteiger partial charge in [0.25, 0.3) is 0 Å². The number of hydrogen-bond acceptors (Lipinski definition) is 1. The first-order valence-corrected chi connectivity index (χ1v) is 5.67. The highest BCUT2D eigenvalue weighted by molar-refractivity contribution is 5.39. The van der Waals surface area contributed by atoms with Gasteiger partial charge in [-0.1, -0.05) is 13.8 Å². The van der Waals surface area contributed by atoms with Crippen molar-refractivity contribution in [3.63, 3.8) is 0 Å². The molecule has 76 valence electrons. The second-order valence-electron chi connectivity index (χ2n) is 4.64. The Balaban J connectivity index is 2.55. The van der Waals surface area contributed by atoms with Crippen LogP contribution in [0.5, 0.6) is 0 Å². The van der Waals surface area contributed by atoms with E-state index in [1.165, 1.54) is 36.9 Å². The summed E-state index contributed by atoms with van der Waals surface area (Å²) < 4.78 is 0. The Morgan fingerprint density at radius 1 is 1.21 bits per heavy atom. The molecule has 0 N–H and O–H groups in total. The number of pyridine rings is 1. The van der Waals surface area contributed by atoms with Crippen LogP contribution >= 0.6 is 0 Å². The molecule has 0 bridgehead atoms. The first-order chi connectivity index (χ1) is 6.70. The molecule has 0 unspecified atom stereocenters. The fourth-order valence-electron chi connectivity index (χ4n) is 2.61. The molecule has 0 aromatic carbocycles. The Morgan fingerprint density at radius 2 is 1.93 bits per heavy atom. The van der Waals surface area contributed by atoms with Crippen LogP contribution in [0.3, 0.4) is 0 Å². The molecule has 0 spiro atoms. The van der Waals surface area contributed by atoms with E-state index in [1.54, 1.807) is 11.1 Å². The lowest BCUT2D eigenvalue weighted by molar-refractivity contribution is 0.650. The molecule has 0 aliphatic heterocycles. The Morgan fingerprint density at radius 3 is 2.64 bits per heavy atom. The van der Waals surface area contributed by atoms with Crippen molar-refractivity contribution in [3.05, 3.63) is 28.6 Å². The summed E-state index contributed by atoms with van der Waals surface area (Å²) in [5, 5.41) is 0. The van der Waals surface area contributed by atoms with Gasteiger partial charge in [0.05, 0.1) is 0 Å². The molecule has 1 nitrogen and oxygen atoms in total. The smallest absolute Gasteiger partial charge is 0.0438 e. The lowest BCUT2D eigenvalue weighted by atomic mass is 9.86. The summed E-state index contributed by atoms with van der Waals surface area (Å²) >= 11 is 0. The number of rotatable bonds is 1. The molecule has 14 heavy (non-hydrogen) atoms. The third kappa shape index (κ3) is 1.56. The van der Waals surface area contributed by atoms with E-state index >= 15 is 0 Å². The molecule has 1 aliphatic carbocycles. The zero-order chi connectivity index (χ0) is 10.1. The minimum atomic E-state index is 0.643.